The van der Waals surface area contributed by atoms with Gasteiger partial charge in [-0.15, -0.1) is 0 Å². The first kappa shape index (κ1) is 32.3. The molecule has 44 heavy (non-hydrogen) atoms. The smallest absolute Gasteiger partial charge is 0.416 e. The van der Waals surface area contributed by atoms with E-state index < -0.39 is 41.7 Å². The monoisotopic (exact) mass is 616 g/mol. The molecule has 11 nitrogen and oxygen atoms in total. The third-order valence-corrected chi connectivity index (χ3v) is 7.44. The first-order valence-electron chi connectivity index (χ1n) is 13.9. The molecule has 4 rings (SSSR count). The van der Waals surface area contributed by atoms with Gasteiger partial charge in [-0.3, -0.25) is 14.3 Å². The van der Waals surface area contributed by atoms with Gasteiger partial charge in [0.15, 0.2) is 5.75 Å². The Labute approximate surface area is 252 Å². The number of aromatic nitrogens is 2. The van der Waals surface area contributed by atoms with Crippen molar-refractivity contribution in [1.29, 1.82) is 0 Å². The number of halogens is 3. The lowest BCUT2D eigenvalue weighted by Crippen LogP contribution is -2.50. The van der Waals surface area contributed by atoms with E-state index in [4.69, 9.17) is 4.74 Å². The highest BCUT2D eigenvalue weighted by Crippen LogP contribution is 2.35. The SMILES string of the molecule is Cc1cc(C(=O)Nc2cccc3c2O[C@@H](CN(C)C(=O)Nc2ccc(C(F)(F)F)cc2)[C@@H](C)CN([C@@H](C)CO)C3=O)n(C)n1. The number of urea groups is 1. The highest BCUT2D eigenvalue weighted by Gasteiger charge is 2.35. The lowest BCUT2D eigenvalue weighted by atomic mass is 9.99. The summed E-state index contributed by atoms with van der Waals surface area (Å²) >= 11 is 0. The van der Waals surface area contributed by atoms with E-state index in [-0.39, 0.29) is 54.0 Å². The maximum Gasteiger partial charge on any atom is 0.416 e. The number of nitrogens with one attached hydrogen (secondary N) is 2. The highest BCUT2D eigenvalue weighted by atomic mass is 19.4. The summed E-state index contributed by atoms with van der Waals surface area (Å²) in [5, 5.41) is 19.5. The molecule has 3 atom stereocenters. The number of hydrogen-bond donors (Lipinski definition) is 3. The van der Waals surface area contributed by atoms with E-state index in [2.05, 4.69) is 15.7 Å². The Balaban J connectivity index is 1.62. The van der Waals surface area contributed by atoms with Crippen LogP contribution in [0.1, 0.15) is 46.0 Å². The molecule has 0 saturated heterocycles. The van der Waals surface area contributed by atoms with Crippen LogP contribution in [0.2, 0.25) is 0 Å². The second kappa shape index (κ2) is 13.0. The largest absolute Gasteiger partial charge is 0.485 e. The van der Waals surface area contributed by atoms with Crippen molar-refractivity contribution in [2.24, 2.45) is 13.0 Å². The maximum atomic E-state index is 13.7. The van der Waals surface area contributed by atoms with E-state index in [1.807, 2.05) is 6.92 Å². The normalized spacial score (nSPS) is 17.6. The van der Waals surface area contributed by atoms with Crippen LogP contribution in [-0.2, 0) is 13.2 Å². The molecule has 1 aliphatic heterocycles. The predicted molar refractivity (Wildman–Crippen MR) is 157 cm³/mol. The number of aliphatic hydroxyl groups is 1. The minimum Gasteiger partial charge on any atom is -0.485 e. The van der Waals surface area contributed by atoms with Crippen molar-refractivity contribution >= 4 is 29.2 Å². The van der Waals surface area contributed by atoms with Crippen molar-refractivity contribution in [1.82, 2.24) is 19.6 Å². The molecular formula is C30H35F3N6O5. The van der Waals surface area contributed by atoms with Crippen molar-refractivity contribution in [3.63, 3.8) is 0 Å². The summed E-state index contributed by atoms with van der Waals surface area (Å²) in [6.07, 6.45) is -5.20. The zero-order valence-corrected chi connectivity index (χ0v) is 25.0. The second-order valence-electron chi connectivity index (χ2n) is 10.9. The molecule has 2 aromatic carbocycles. The molecule has 1 aliphatic rings. The number of likely N-dealkylation sites (N-methyl/N-ethyl adjacent to an activating group) is 1. The number of alkyl halides is 3. The van der Waals surface area contributed by atoms with Crippen molar-refractivity contribution in [3.8, 4) is 5.75 Å². The standard InChI is InChI=1S/C30H35F3N6O5/c1-17-14-39(19(3)16-40)28(42)22-7-6-8-23(35-27(41)24-13-18(2)36-38(24)5)26(22)44-25(17)15-37(4)29(43)34-21-11-9-20(10-12-21)30(31,32)33/h6-13,17,19,25,40H,14-16H2,1-5H3,(H,34,43)(H,35,41)/t17-,19-,25-/m0/s1. The van der Waals surface area contributed by atoms with Crippen LogP contribution >= 0.6 is 0 Å². The Morgan fingerprint density at radius 2 is 1.86 bits per heavy atom. The summed E-state index contributed by atoms with van der Waals surface area (Å²) in [6.45, 7) is 5.23. The van der Waals surface area contributed by atoms with Gasteiger partial charge >= 0.3 is 12.2 Å². The van der Waals surface area contributed by atoms with Crippen molar-refractivity contribution < 1.29 is 37.4 Å². The first-order chi connectivity index (χ1) is 20.7. The number of carbonyl (C=O) groups excluding carboxylic acids is 3. The third-order valence-electron chi connectivity index (χ3n) is 7.44. The Morgan fingerprint density at radius 1 is 1.18 bits per heavy atom. The molecule has 3 N–H and O–H groups in total. The number of ether oxygens (including phenoxy) is 1. The number of para-hydroxylation sites is 1. The maximum absolute atomic E-state index is 13.7. The summed E-state index contributed by atoms with van der Waals surface area (Å²) in [5.74, 6) is -1.12. The quantitative estimate of drug-likeness (QED) is 0.362. The molecule has 0 unspecified atom stereocenters. The average molecular weight is 617 g/mol. The number of rotatable bonds is 7. The Hall–Kier alpha value is -4.59. The van der Waals surface area contributed by atoms with Crippen LogP contribution in [0.25, 0.3) is 0 Å². The summed E-state index contributed by atoms with van der Waals surface area (Å²) in [6, 6.07) is 9.34. The molecule has 1 aromatic heterocycles. The number of anilines is 2. The van der Waals surface area contributed by atoms with E-state index in [0.717, 1.165) is 24.3 Å². The molecule has 2 heterocycles. The molecule has 0 saturated carbocycles. The zero-order chi connectivity index (χ0) is 32.3. The fourth-order valence-electron chi connectivity index (χ4n) is 4.88. The molecule has 0 fully saturated rings. The fourth-order valence-corrected chi connectivity index (χ4v) is 4.88. The van der Waals surface area contributed by atoms with Gasteiger partial charge in [0, 0.05) is 32.2 Å². The van der Waals surface area contributed by atoms with E-state index in [1.165, 1.54) is 21.5 Å². The number of amides is 4. The van der Waals surface area contributed by atoms with E-state index in [0.29, 0.717) is 5.69 Å². The van der Waals surface area contributed by atoms with Gasteiger partial charge in [0.2, 0.25) is 0 Å². The van der Waals surface area contributed by atoms with Gasteiger partial charge in [-0.05, 0) is 56.3 Å². The number of benzene rings is 2. The molecule has 0 radical (unpaired) electrons. The van der Waals surface area contributed by atoms with Gasteiger partial charge < -0.3 is 30.3 Å². The summed E-state index contributed by atoms with van der Waals surface area (Å²) in [4.78, 5) is 42.7. The summed E-state index contributed by atoms with van der Waals surface area (Å²) in [7, 11) is 3.14. The van der Waals surface area contributed by atoms with Gasteiger partial charge in [-0.25, -0.2) is 4.79 Å². The van der Waals surface area contributed by atoms with Crippen molar-refractivity contribution in [2.75, 3.05) is 37.4 Å². The van der Waals surface area contributed by atoms with Gasteiger partial charge in [0.1, 0.15) is 11.8 Å². The Morgan fingerprint density at radius 3 is 2.45 bits per heavy atom. The third kappa shape index (κ3) is 7.13. The molecule has 4 amide bonds. The number of aryl methyl sites for hydroxylation is 2. The van der Waals surface area contributed by atoms with Crippen LogP contribution < -0.4 is 15.4 Å². The predicted octanol–water partition coefficient (Wildman–Crippen LogP) is 4.38. The van der Waals surface area contributed by atoms with E-state index in [9.17, 15) is 32.7 Å². The van der Waals surface area contributed by atoms with Gasteiger partial charge in [-0.1, -0.05) is 13.0 Å². The molecule has 236 valence electrons. The van der Waals surface area contributed by atoms with E-state index >= 15 is 0 Å². The average Bonchev–Trinajstić information content (AvgIpc) is 3.32. The molecular weight excluding hydrogens is 581 g/mol. The minimum absolute atomic E-state index is 0.0197. The number of carbonyl (C=O) groups is 3. The molecule has 0 spiro atoms. The number of fused-ring (bicyclic) bond motifs is 1. The number of hydrogen-bond acceptors (Lipinski definition) is 6. The van der Waals surface area contributed by atoms with Gasteiger partial charge in [0.25, 0.3) is 11.8 Å². The van der Waals surface area contributed by atoms with Crippen molar-refractivity contribution in [3.05, 3.63) is 71.0 Å². The van der Waals surface area contributed by atoms with Gasteiger partial charge in [-0.2, -0.15) is 18.3 Å². The van der Waals surface area contributed by atoms with Crippen LogP contribution in [0.4, 0.5) is 29.3 Å². The van der Waals surface area contributed by atoms with Gasteiger partial charge in [0.05, 0.1) is 41.7 Å². The molecule has 0 bridgehead atoms. The fraction of sp³-hybridized carbons (Fsp3) is 0.400. The highest BCUT2D eigenvalue weighted by molar-refractivity contribution is 6.06. The first-order valence-corrected chi connectivity index (χ1v) is 13.9. The van der Waals surface area contributed by atoms with Crippen LogP contribution in [-0.4, -0.2) is 81.4 Å². The van der Waals surface area contributed by atoms with Crippen LogP contribution in [0.5, 0.6) is 5.75 Å². The lowest BCUT2D eigenvalue weighted by Gasteiger charge is -2.38. The van der Waals surface area contributed by atoms with Crippen LogP contribution in [0, 0.1) is 12.8 Å². The van der Waals surface area contributed by atoms with Crippen LogP contribution in [0.3, 0.4) is 0 Å². The minimum atomic E-state index is -4.50. The Bertz CT molecular complexity index is 1520. The molecule has 3 aromatic rings. The number of aliphatic hydroxyl groups excluding tert-OH is 1. The number of nitrogens with zero attached hydrogens (tertiary/aromatic N) is 4. The Kier molecular flexibility index (Phi) is 9.52. The lowest BCUT2D eigenvalue weighted by molar-refractivity contribution is -0.137. The molecule has 14 heteroatoms. The van der Waals surface area contributed by atoms with Crippen molar-refractivity contribution in [2.45, 2.75) is 39.1 Å². The van der Waals surface area contributed by atoms with E-state index in [1.54, 1.807) is 45.2 Å². The van der Waals surface area contributed by atoms with Crippen LogP contribution in [0.15, 0.2) is 48.5 Å². The second-order valence-corrected chi connectivity index (χ2v) is 10.9. The topological polar surface area (TPSA) is 129 Å². The summed E-state index contributed by atoms with van der Waals surface area (Å²) in [5.41, 5.74) is 0.669. The molecule has 0 aliphatic carbocycles. The zero-order valence-electron chi connectivity index (χ0n) is 25.0. The summed E-state index contributed by atoms with van der Waals surface area (Å²) < 4.78 is 46.6.